The van der Waals surface area contributed by atoms with Crippen molar-refractivity contribution in [1.29, 1.82) is 0 Å². The van der Waals surface area contributed by atoms with Gasteiger partial charge in [-0.05, 0) is 12.1 Å². The van der Waals surface area contributed by atoms with E-state index < -0.39 is 10.0 Å². The van der Waals surface area contributed by atoms with Gasteiger partial charge in [-0.3, -0.25) is 4.79 Å². The van der Waals surface area contributed by atoms with Crippen molar-refractivity contribution in [3.63, 3.8) is 0 Å². The van der Waals surface area contributed by atoms with E-state index in [9.17, 15) is 13.2 Å². The minimum absolute atomic E-state index is 0.0310. The van der Waals surface area contributed by atoms with E-state index in [1.807, 2.05) is 20.8 Å². The maximum absolute atomic E-state index is 11.8. The third kappa shape index (κ3) is 5.63. The molecule has 0 aromatic heterocycles. The number of primary sulfonamides is 1. The topological polar surface area (TPSA) is 89.3 Å². The second-order valence-electron chi connectivity index (χ2n) is 4.99. The van der Waals surface area contributed by atoms with E-state index in [1.54, 1.807) is 12.1 Å². The number of benzene rings is 1. The number of nitrogens with one attached hydrogen (secondary N) is 1. The molecule has 106 valence electrons. The van der Waals surface area contributed by atoms with Crippen LogP contribution in [0.25, 0.3) is 0 Å². The highest BCUT2D eigenvalue weighted by molar-refractivity contribution is 8.01. The Hall–Kier alpha value is -1.05. The highest BCUT2D eigenvalue weighted by atomic mass is 32.2. The van der Waals surface area contributed by atoms with Crippen LogP contribution < -0.4 is 10.5 Å². The van der Waals surface area contributed by atoms with Crippen LogP contribution in [-0.2, 0) is 14.8 Å². The Morgan fingerprint density at radius 2 is 1.89 bits per heavy atom. The van der Waals surface area contributed by atoms with E-state index in [-0.39, 0.29) is 27.0 Å². The smallest absolute Gasteiger partial charge is 0.240 e. The summed E-state index contributed by atoms with van der Waals surface area (Å²) in [6.45, 7) is 6.01. The minimum atomic E-state index is -3.84. The van der Waals surface area contributed by atoms with Gasteiger partial charge in [-0.2, -0.15) is 0 Å². The van der Waals surface area contributed by atoms with E-state index in [4.69, 9.17) is 5.14 Å². The molecule has 1 rings (SSSR count). The predicted molar refractivity (Wildman–Crippen MR) is 78.7 cm³/mol. The summed E-state index contributed by atoms with van der Waals surface area (Å²) in [5.74, 6) is -0.00125. The number of rotatable bonds is 4. The lowest BCUT2D eigenvalue weighted by molar-refractivity contribution is -0.113. The molecular weight excluding hydrogens is 284 g/mol. The molecule has 0 bridgehead atoms. The molecule has 0 radical (unpaired) electrons. The van der Waals surface area contributed by atoms with E-state index >= 15 is 0 Å². The van der Waals surface area contributed by atoms with Gasteiger partial charge in [0.25, 0.3) is 0 Å². The third-order valence-corrected chi connectivity index (χ3v) is 4.35. The molecule has 0 heterocycles. The van der Waals surface area contributed by atoms with Crippen molar-refractivity contribution in [3.05, 3.63) is 24.3 Å². The van der Waals surface area contributed by atoms with Gasteiger partial charge in [0.15, 0.2) is 0 Å². The minimum Gasteiger partial charge on any atom is -0.324 e. The monoisotopic (exact) mass is 302 g/mol. The van der Waals surface area contributed by atoms with Gasteiger partial charge in [0, 0.05) is 4.75 Å². The largest absolute Gasteiger partial charge is 0.324 e. The lowest BCUT2D eigenvalue weighted by Gasteiger charge is -2.17. The number of hydrogen-bond donors (Lipinski definition) is 2. The first kappa shape index (κ1) is 16.0. The summed E-state index contributed by atoms with van der Waals surface area (Å²) in [5.41, 5.74) is 0.213. The Kier molecular flexibility index (Phi) is 5.00. The zero-order valence-corrected chi connectivity index (χ0v) is 12.8. The average molecular weight is 302 g/mol. The first-order chi connectivity index (χ1) is 8.59. The molecule has 19 heavy (non-hydrogen) atoms. The maximum atomic E-state index is 11.8. The van der Waals surface area contributed by atoms with Crippen molar-refractivity contribution in [2.45, 2.75) is 30.4 Å². The fourth-order valence-electron chi connectivity index (χ4n) is 1.29. The molecule has 0 saturated heterocycles. The Labute approximate surface area is 118 Å². The number of hydrogen-bond acceptors (Lipinski definition) is 4. The zero-order chi connectivity index (χ0) is 14.7. The highest BCUT2D eigenvalue weighted by Crippen LogP contribution is 2.24. The van der Waals surface area contributed by atoms with Crippen LogP contribution in [0.2, 0.25) is 0 Å². The number of amides is 1. The molecule has 0 aliphatic rings. The van der Waals surface area contributed by atoms with Crippen LogP contribution in [0.4, 0.5) is 5.69 Å². The molecule has 1 aromatic carbocycles. The zero-order valence-electron chi connectivity index (χ0n) is 11.1. The quantitative estimate of drug-likeness (QED) is 0.887. The molecule has 0 fully saturated rings. The molecule has 7 heteroatoms. The average Bonchev–Trinajstić information content (AvgIpc) is 2.25. The van der Waals surface area contributed by atoms with Crippen molar-refractivity contribution in [1.82, 2.24) is 0 Å². The first-order valence-electron chi connectivity index (χ1n) is 5.65. The SMILES string of the molecule is CC(C)(C)SCC(=O)Nc1ccccc1S(N)(=O)=O. The molecule has 0 saturated carbocycles. The fraction of sp³-hybridized carbons (Fsp3) is 0.417. The van der Waals surface area contributed by atoms with Crippen molar-refractivity contribution in [3.8, 4) is 0 Å². The number of sulfonamides is 1. The van der Waals surface area contributed by atoms with Gasteiger partial charge in [-0.25, -0.2) is 13.6 Å². The van der Waals surface area contributed by atoms with Gasteiger partial charge in [-0.1, -0.05) is 32.9 Å². The second kappa shape index (κ2) is 5.94. The molecule has 0 aliphatic heterocycles. The predicted octanol–water partition coefficient (Wildman–Crippen LogP) is 1.80. The molecule has 3 N–H and O–H groups in total. The van der Waals surface area contributed by atoms with Crippen LogP contribution >= 0.6 is 11.8 Å². The molecular formula is C12H18N2O3S2. The van der Waals surface area contributed by atoms with Crippen molar-refractivity contribution in [2.75, 3.05) is 11.1 Å². The first-order valence-corrected chi connectivity index (χ1v) is 8.18. The standard InChI is InChI=1S/C12H18N2O3S2/c1-12(2,3)18-8-11(15)14-9-6-4-5-7-10(9)19(13,16)17/h4-7H,8H2,1-3H3,(H,14,15)(H2,13,16,17). The van der Waals surface area contributed by atoms with Crippen molar-refractivity contribution >= 4 is 33.4 Å². The fourth-order valence-corrected chi connectivity index (χ4v) is 2.62. The molecule has 1 aromatic rings. The molecule has 5 nitrogen and oxygen atoms in total. The molecule has 0 unspecified atom stereocenters. The van der Waals surface area contributed by atoms with Crippen molar-refractivity contribution < 1.29 is 13.2 Å². The van der Waals surface area contributed by atoms with Gasteiger partial charge in [-0.15, -0.1) is 11.8 Å². The summed E-state index contributed by atoms with van der Waals surface area (Å²) >= 11 is 1.48. The van der Waals surface area contributed by atoms with Gasteiger partial charge in [0.05, 0.1) is 11.4 Å². The van der Waals surface area contributed by atoms with Crippen LogP contribution in [0.1, 0.15) is 20.8 Å². The summed E-state index contributed by atoms with van der Waals surface area (Å²) < 4.78 is 22.7. The summed E-state index contributed by atoms with van der Waals surface area (Å²) in [4.78, 5) is 11.7. The number of para-hydroxylation sites is 1. The molecule has 0 aliphatic carbocycles. The van der Waals surface area contributed by atoms with Crippen LogP contribution in [0.3, 0.4) is 0 Å². The Balaban J connectivity index is 2.81. The maximum Gasteiger partial charge on any atom is 0.240 e. The lowest BCUT2D eigenvalue weighted by atomic mass is 10.3. The van der Waals surface area contributed by atoms with Crippen molar-refractivity contribution in [2.24, 2.45) is 5.14 Å². The lowest BCUT2D eigenvalue weighted by Crippen LogP contribution is -2.21. The number of carbonyl (C=O) groups excluding carboxylic acids is 1. The summed E-state index contributed by atoms with van der Waals surface area (Å²) in [7, 11) is -3.84. The second-order valence-corrected chi connectivity index (χ2v) is 8.32. The number of nitrogens with two attached hydrogens (primary N) is 1. The van der Waals surface area contributed by atoms with Crippen LogP contribution in [-0.4, -0.2) is 24.8 Å². The Morgan fingerprint density at radius 1 is 1.32 bits per heavy atom. The number of anilines is 1. The normalized spacial score (nSPS) is 12.2. The highest BCUT2D eigenvalue weighted by Gasteiger charge is 2.17. The van der Waals surface area contributed by atoms with Crippen LogP contribution in [0.5, 0.6) is 0 Å². The van der Waals surface area contributed by atoms with E-state index in [1.165, 1.54) is 23.9 Å². The Bertz CT molecular complexity index is 563. The van der Waals surface area contributed by atoms with E-state index in [0.29, 0.717) is 0 Å². The number of thioether (sulfide) groups is 1. The Morgan fingerprint density at radius 3 is 2.42 bits per heavy atom. The van der Waals surface area contributed by atoms with Gasteiger partial charge >= 0.3 is 0 Å². The molecule has 0 atom stereocenters. The summed E-state index contributed by atoms with van der Waals surface area (Å²) in [5, 5.41) is 7.66. The number of carbonyl (C=O) groups is 1. The third-order valence-electron chi connectivity index (χ3n) is 2.10. The van der Waals surface area contributed by atoms with Gasteiger partial charge < -0.3 is 5.32 Å². The van der Waals surface area contributed by atoms with Crippen LogP contribution in [0, 0.1) is 0 Å². The van der Waals surface area contributed by atoms with E-state index in [2.05, 4.69) is 5.32 Å². The van der Waals surface area contributed by atoms with Gasteiger partial charge in [0.2, 0.25) is 15.9 Å². The van der Waals surface area contributed by atoms with Gasteiger partial charge in [0.1, 0.15) is 4.90 Å². The molecule has 1 amide bonds. The molecule has 0 spiro atoms. The summed E-state index contributed by atoms with van der Waals surface area (Å²) in [6, 6.07) is 6.07. The summed E-state index contributed by atoms with van der Waals surface area (Å²) in [6.07, 6.45) is 0. The van der Waals surface area contributed by atoms with E-state index in [0.717, 1.165) is 0 Å². The van der Waals surface area contributed by atoms with Crippen LogP contribution in [0.15, 0.2) is 29.2 Å².